The maximum absolute atomic E-state index is 13.4. The molecule has 3 aromatic heterocycles. The van der Waals surface area contributed by atoms with Gasteiger partial charge in [-0.2, -0.15) is 18.3 Å². The van der Waals surface area contributed by atoms with Gasteiger partial charge in [0, 0.05) is 36.3 Å². The van der Waals surface area contributed by atoms with Crippen LogP contribution in [0.5, 0.6) is 0 Å². The highest BCUT2D eigenvalue weighted by molar-refractivity contribution is 6.03. The van der Waals surface area contributed by atoms with Gasteiger partial charge in [0.25, 0.3) is 5.91 Å². The number of amides is 1. The quantitative estimate of drug-likeness (QED) is 0.379. The molecule has 0 bridgehead atoms. The number of halogens is 3. The van der Waals surface area contributed by atoms with Gasteiger partial charge in [0.1, 0.15) is 11.5 Å². The van der Waals surface area contributed by atoms with Crippen LogP contribution in [-0.2, 0) is 12.6 Å². The van der Waals surface area contributed by atoms with Crippen molar-refractivity contribution in [2.24, 2.45) is 0 Å². The van der Waals surface area contributed by atoms with Gasteiger partial charge in [0.15, 0.2) is 17.1 Å². The van der Waals surface area contributed by atoms with Crippen LogP contribution in [0.25, 0.3) is 22.3 Å². The topological polar surface area (TPSA) is 117 Å². The standard InChI is InChI=1S/C23H18F3N7O2/c1-2-20-28-9-10-32(20)14-5-3-13(4-6-14)29-22(34)17-12-19(23(24,25)26)30-33(17)15-7-8-18-16(11-15)21(27)31-35-18/h3-12H,2H2,1H3,(H2,27,31)(H,29,34). The Hall–Kier alpha value is -4.61. The molecule has 1 amide bonds. The molecule has 5 aromatic rings. The number of nitrogen functional groups attached to an aromatic ring is 1. The van der Waals surface area contributed by atoms with E-state index in [1.54, 1.807) is 30.5 Å². The minimum atomic E-state index is -4.75. The molecule has 2 aromatic carbocycles. The summed E-state index contributed by atoms with van der Waals surface area (Å²) in [5.74, 6) is 0.173. The van der Waals surface area contributed by atoms with Gasteiger partial charge < -0.3 is 20.1 Å². The van der Waals surface area contributed by atoms with Gasteiger partial charge in [-0.15, -0.1) is 0 Å². The molecular formula is C23H18F3N7O2. The Kier molecular flexibility index (Phi) is 5.27. The molecular weight excluding hydrogens is 463 g/mol. The molecule has 0 radical (unpaired) electrons. The molecule has 35 heavy (non-hydrogen) atoms. The minimum absolute atomic E-state index is 0.0697. The third-order valence-electron chi connectivity index (χ3n) is 5.40. The molecule has 0 spiro atoms. The fourth-order valence-corrected chi connectivity index (χ4v) is 3.69. The number of hydrogen-bond donors (Lipinski definition) is 2. The van der Waals surface area contributed by atoms with Crippen molar-refractivity contribution in [3.05, 3.63) is 78.1 Å². The van der Waals surface area contributed by atoms with Crippen LogP contribution in [0.1, 0.15) is 28.9 Å². The second-order valence-electron chi connectivity index (χ2n) is 7.64. The van der Waals surface area contributed by atoms with Gasteiger partial charge in [-0.1, -0.05) is 12.1 Å². The number of carbonyl (C=O) groups is 1. The van der Waals surface area contributed by atoms with E-state index in [9.17, 15) is 18.0 Å². The van der Waals surface area contributed by atoms with Gasteiger partial charge >= 0.3 is 6.18 Å². The molecule has 178 valence electrons. The summed E-state index contributed by atoms with van der Waals surface area (Å²) in [4.78, 5) is 17.3. The fourth-order valence-electron chi connectivity index (χ4n) is 3.69. The number of aryl methyl sites for hydroxylation is 1. The average Bonchev–Trinajstić information content (AvgIpc) is 3.57. The van der Waals surface area contributed by atoms with Crippen molar-refractivity contribution in [3.63, 3.8) is 0 Å². The van der Waals surface area contributed by atoms with E-state index in [0.717, 1.165) is 22.6 Å². The Morgan fingerprint density at radius 3 is 2.57 bits per heavy atom. The van der Waals surface area contributed by atoms with Crippen LogP contribution in [0.3, 0.4) is 0 Å². The summed E-state index contributed by atoms with van der Waals surface area (Å²) in [5, 5.41) is 10.3. The zero-order valence-corrected chi connectivity index (χ0v) is 18.2. The largest absolute Gasteiger partial charge is 0.435 e. The van der Waals surface area contributed by atoms with E-state index in [0.29, 0.717) is 22.7 Å². The van der Waals surface area contributed by atoms with Crippen LogP contribution in [0.15, 0.2) is 65.4 Å². The lowest BCUT2D eigenvalue weighted by Crippen LogP contribution is -2.17. The molecule has 0 atom stereocenters. The Morgan fingerprint density at radius 2 is 1.86 bits per heavy atom. The van der Waals surface area contributed by atoms with Gasteiger partial charge in [0.05, 0.1) is 11.1 Å². The van der Waals surface area contributed by atoms with Crippen molar-refractivity contribution in [1.29, 1.82) is 0 Å². The molecule has 0 saturated carbocycles. The normalized spacial score (nSPS) is 11.8. The highest BCUT2D eigenvalue weighted by Crippen LogP contribution is 2.31. The number of anilines is 2. The second kappa shape index (κ2) is 8.31. The maximum atomic E-state index is 13.4. The number of nitrogens with zero attached hydrogens (tertiary/aromatic N) is 5. The van der Waals surface area contributed by atoms with Crippen LogP contribution in [0, 0.1) is 0 Å². The van der Waals surface area contributed by atoms with E-state index >= 15 is 0 Å². The number of fused-ring (bicyclic) bond motifs is 1. The first kappa shape index (κ1) is 22.2. The fraction of sp³-hybridized carbons (Fsp3) is 0.130. The number of aromatic nitrogens is 5. The molecule has 0 aliphatic rings. The average molecular weight is 481 g/mol. The number of imidazole rings is 1. The van der Waals surface area contributed by atoms with Crippen LogP contribution in [-0.4, -0.2) is 30.4 Å². The zero-order valence-electron chi connectivity index (χ0n) is 18.2. The zero-order chi connectivity index (χ0) is 24.7. The third-order valence-corrected chi connectivity index (χ3v) is 5.40. The summed E-state index contributed by atoms with van der Waals surface area (Å²) in [5.41, 5.74) is 6.03. The van der Waals surface area contributed by atoms with Crippen molar-refractivity contribution in [2.75, 3.05) is 11.1 Å². The molecule has 3 heterocycles. The van der Waals surface area contributed by atoms with Crippen molar-refractivity contribution in [2.45, 2.75) is 19.5 Å². The van der Waals surface area contributed by atoms with Crippen LogP contribution in [0.4, 0.5) is 24.7 Å². The molecule has 9 nitrogen and oxygen atoms in total. The van der Waals surface area contributed by atoms with E-state index in [2.05, 4.69) is 20.6 Å². The summed E-state index contributed by atoms with van der Waals surface area (Å²) in [6.07, 6.45) is -0.491. The highest BCUT2D eigenvalue weighted by Gasteiger charge is 2.36. The first-order chi connectivity index (χ1) is 16.7. The highest BCUT2D eigenvalue weighted by atomic mass is 19.4. The molecule has 3 N–H and O–H groups in total. The van der Waals surface area contributed by atoms with Crippen molar-refractivity contribution < 1.29 is 22.5 Å². The molecule has 0 fully saturated rings. The molecule has 0 aliphatic carbocycles. The minimum Gasteiger partial charge on any atom is -0.380 e. The number of nitrogens with two attached hydrogens (primary N) is 1. The number of nitrogens with one attached hydrogen (secondary N) is 1. The van der Waals surface area contributed by atoms with Crippen LogP contribution >= 0.6 is 0 Å². The summed E-state index contributed by atoms with van der Waals surface area (Å²) >= 11 is 0. The van der Waals surface area contributed by atoms with Crippen molar-refractivity contribution >= 4 is 28.4 Å². The van der Waals surface area contributed by atoms with E-state index in [-0.39, 0.29) is 17.2 Å². The lowest BCUT2D eigenvalue weighted by atomic mass is 10.2. The first-order valence-electron chi connectivity index (χ1n) is 10.5. The molecule has 5 rings (SSSR count). The third kappa shape index (κ3) is 4.09. The molecule has 0 aliphatic heterocycles. The summed E-state index contributed by atoms with van der Waals surface area (Å²) < 4.78 is 48.2. The number of rotatable bonds is 5. The van der Waals surface area contributed by atoms with E-state index in [1.807, 2.05) is 17.7 Å². The number of benzene rings is 2. The lowest BCUT2D eigenvalue weighted by Gasteiger charge is -2.10. The first-order valence-corrected chi connectivity index (χ1v) is 10.5. The number of hydrogen-bond acceptors (Lipinski definition) is 6. The van der Waals surface area contributed by atoms with Gasteiger partial charge in [-0.25, -0.2) is 9.67 Å². The van der Waals surface area contributed by atoms with Crippen LogP contribution in [0.2, 0.25) is 0 Å². The Labute approximate surface area is 196 Å². The Morgan fingerprint density at radius 1 is 1.11 bits per heavy atom. The summed E-state index contributed by atoms with van der Waals surface area (Å²) in [6.45, 7) is 1.99. The van der Waals surface area contributed by atoms with Gasteiger partial charge in [0.2, 0.25) is 0 Å². The SMILES string of the molecule is CCc1nccn1-c1ccc(NC(=O)c2cc(C(F)(F)F)nn2-c2ccc3onc(N)c3c2)cc1. The summed E-state index contributed by atoms with van der Waals surface area (Å²) in [6, 6.07) is 12.0. The van der Waals surface area contributed by atoms with E-state index < -0.39 is 17.8 Å². The Bertz CT molecular complexity index is 1530. The van der Waals surface area contributed by atoms with Crippen molar-refractivity contribution in [3.8, 4) is 11.4 Å². The molecule has 0 unspecified atom stereocenters. The monoisotopic (exact) mass is 481 g/mol. The Balaban J connectivity index is 1.48. The van der Waals surface area contributed by atoms with E-state index in [1.165, 1.54) is 18.2 Å². The molecule has 0 saturated heterocycles. The van der Waals surface area contributed by atoms with Gasteiger partial charge in [-0.05, 0) is 42.5 Å². The van der Waals surface area contributed by atoms with E-state index in [4.69, 9.17) is 10.3 Å². The predicted octanol–water partition coefficient (Wildman–Crippen LogP) is 4.61. The second-order valence-corrected chi connectivity index (χ2v) is 7.64. The maximum Gasteiger partial charge on any atom is 0.435 e. The summed E-state index contributed by atoms with van der Waals surface area (Å²) in [7, 11) is 0. The number of alkyl halides is 3. The smallest absolute Gasteiger partial charge is 0.380 e. The van der Waals surface area contributed by atoms with Gasteiger partial charge in [-0.3, -0.25) is 4.79 Å². The predicted molar refractivity (Wildman–Crippen MR) is 121 cm³/mol. The molecule has 12 heteroatoms. The van der Waals surface area contributed by atoms with Crippen molar-refractivity contribution in [1.82, 2.24) is 24.5 Å². The number of carbonyl (C=O) groups excluding carboxylic acids is 1. The lowest BCUT2D eigenvalue weighted by molar-refractivity contribution is -0.141. The van der Waals surface area contributed by atoms with Crippen LogP contribution < -0.4 is 11.1 Å².